The molecule has 0 unspecified atom stereocenters. The van der Waals surface area contributed by atoms with E-state index >= 15 is 0 Å². The normalized spacial score (nSPS) is 10.3. The number of aliphatic hydroxyl groups is 1. The highest BCUT2D eigenvalue weighted by Gasteiger charge is 2.04. The molecular formula is C14H13BrClNO3. The number of ether oxygens (including phenoxy) is 2. The molecule has 1 heterocycles. The Morgan fingerprint density at radius 3 is 2.70 bits per heavy atom. The van der Waals surface area contributed by atoms with Crippen molar-refractivity contribution < 1.29 is 14.6 Å². The van der Waals surface area contributed by atoms with E-state index in [1.54, 1.807) is 24.3 Å². The maximum absolute atomic E-state index is 9.22. The molecule has 0 bridgehead atoms. The van der Waals surface area contributed by atoms with Crippen molar-refractivity contribution in [3.05, 3.63) is 51.6 Å². The van der Waals surface area contributed by atoms with Gasteiger partial charge in [0.15, 0.2) is 0 Å². The fourth-order valence-corrected chi connectivity index (χ4v) is 2.06. The predicted octanol–water partition coefficient (Wildman–Crippen LogP) is 3.45. The topological polar surface area (TPSA) is 51.6 Å². The maximum Gasteiger partial charge on any atom is 0.214 e. The quantitative estimate of drug-likeness (QED) is 0.635. The van der Waals surface area contributed by atoms with Gasteiger partial charge in [-0.05, 0) is 18.2 Å². The highest BCUT2D eigenvalue weighted by atomic mass is 79.9. The Balaban J connectivity index is 1.85. The van der Waals surface area contributed by atoms with Crippen LogP contribution < -0.4 is 9.47 Å². The van der Waals surface area contributed by atoms with E-state index in [4.69, 9.17) is 21.1 Å². The van der Waals surface area contributed by atoms with Crippen LogP contribution in [0.3, 0.4) is 0 Å². The standard InChI is InChI=1S/C14H13BrClNO3/c15-11-5-4-10(9-18)12(8-11)19-6-7-20-14-3-1-2-13(16)17-14/h1-5,8,18H,6-7,9H2. The minimum Gasteiger partial charge on any atom is -0.490 e. The largest absolute Gasteiger partial charge is 0.490 e. The number of benzene rings is 1. The molecule has 0 radical (unpaired) electrons. The Bertz CT molecular complexity index is 580. The highest BCUT2D eigenvalue weighted by molar-refractivity contribution is 9.10. The van der Waals surface area contributed by atoms with E-state index < -0.39 is 0 Å². The second kappa shape index (κ2) is 7.47. The molecular weight excluding hydrogens is 346 g/mol. The first-order valence-electron chi connectivity index (χ1n) is 5.96. The van der Waals surface area contributed by atoms with Crippen LogP contribution in [-0.2, 0) is 6.61 Å². The summed E-state index contributed by atoms with van der Waals surface area (Å²) in [7, 11) is 0. The molecule has 0 fully saturated rings. The molecule has 0 saturated heterocycles. The molecule has 1 aromatic heterocycles. The van der Waals surface area contributed by atoms with E-state index in [0.29, 0.717) is 30.0 Å². The van der Waals surface area contributed by atoms with E-state index in [1.165, 1.54) is 0 Å². The van der Waals surface area contributed by atoms with Crippen LogP contribution in [0.2, 0.25) is 5.15 Å². The zero-order valence-electron chi connectivity index (χ0n) is 10.6. The van der Waals surface area contributed by atoms with Crippen molar-refractivity contribution in [1.29, 1.82) is 0 Å². The molecule has 0 atom stereocenters. The summed E-state index contributed by atoms with van der Waals surface area (Å²) in [5, 5.41) is 9.61. The van der Waals surface area contributed by atoms with Crippen molar-refractivity contribution in [2.24, 2.45) is 0 Å². The van der Waals surface area contributed by atoms with Gasteiger partial charge >= 0.3 is 0 Å². The third-order valence-electron chi connectivity index (χ3n) is 2.48. The van der Waals surface area contributed by atoms with Gasteiger partial charge in [-0.3, -0.25) is 0 Å². The second-order valence-electron chi connectivity index (χ2n) is 3.91. The van der Waals surface area contributed by atoms with Gasteiger partial charge in [-0.25, -0.2) is 4.98 Å². The minimum absolute atomic E-state index is 0.0701. The van der Waals surface area contributed by atoms with Gasteiger partial charge in [0.2, 0.25) is 5.88 Å². The predicted molar refractivity (Wildman–Crippen MR) is 80.3 cm³/mol. The summed E-state index contributed by atoms with van der Waals surface area (Å²) in [4.78, 5) is 4.01. The van der Waals surface area contributed by atoms with Crippen LogP contribution in [-0.4, -0.2) is 23.3 Å². The van der Waals surface area contributed by atoms with Gasteiger partial charge in [0, 0.05) is 16.1 Å². The van der Waals surface area contributed by atoms with E-state index in [1.807, 2.05) is 12.1 Å². The number of halogens is 2. The lowest BCUT2D eigenvalue weighted by atomic mass is 10.2. The number of hydrogen-bond donors (Lipinski definition) is 1. The van der Waals surface area contributed by atoms with Crippen molar-refractivity contribution in [3.63, 3.8) is 0 Å². The zero-order valence-corrected chi connectivity index (χ0v) is 12.9. The number of aliphatic hydroxyl groups excluding tert-OH is 1. The summed E-state index contributed by atoms with van der Waals surface area (Å²) in [6, 6.07) is 10.6. The van der Waals surface area contributed by atoms with Crippen LogP contribution in [0.1, 0.15) is 5.56 Å². The SMILES string of the molecule is OCc1ccc(Br)cc1OCCOc1cccc(Cl)n1. The molecule has 0 saturated carbocycles. The third kappa shape index (κ3) is 4.37. The molecule has 1 N–H and O–H groups in total. The lowest BCUT2D eigenvalue weighted by Gasteiger charge is -2.11. The second-order valence-corrected chi connectivity index (χ2v) is 5.21. The fourth-order valence-electron chi connectivity index (χ4n) is 1.56. The van der Waals surface area contributed by atoms with Crippen molar-refractivity contribution in [3.8, 4) is 11.6 Å². The summed E-state index contributed by atoms with van der Waals surface area (Å²) in [5.74, 6) is 1.09. The molecule has 6 heteroatoms. The molecule has 106 valence electrons. The minimum atomic E-state index is -0.0701. The molecule has 0 spiro atoms. The van der Waals surface area contributed by atoms with E-state index in [2.05, 4.69) is 20.9 Å². The molecule has 2 aromatic rings. The Morgan fingerprint density at radius 2 is 1.95 bits per heavy atom. The van der Waals surface area contributed by atoms with Crippen LogP contribution >= 0.6 is 27.5 Å². The van der Waals surface area contributed by atoms with Gasteiger partial charge in [0.1, 0.15) is 24.1 Å². The summed E-state index contributed by atoms with van der Waals surface area (Å²) in [6.07, 6.45) is 0. The summed E-state index contributed by atoms with van der Waals surface area (Å²) < 4.78 is 11.9. The number of hydrogen-bond acceptors (Lipinski definition) is 4. The first-order valence-corrected chi connectivity index (χ1v) is 7.13. The molecule has 1 aromatic carbocycles. The third-order valence-corrected chi connectivity index (χ3v) is 3.18. The van der Waals surface area contributed by atoms with Crippen LogP contribution in [0.25, 0.3) is 0 Å². The molecule has 4 nitrogen and oxygen atoms in total. The smallest absolute Gasteiger partial charge is 0.214 e. The first-order chi connectivity index (χ1) is 9.69. The zero-order chi connectivity index (χ0) is 14.4. The summed E-state index contributed by atoms with van der Waals surface area (Å²) in [6.45, 7) is 0.613. The van der Waals surface area contributed by atoms with Gasteiger partial charge in [0.25, 0.3) is 0 Å². The van der Waals surface area contributed by atoms with Gasteiger partial charge in [-0.15, -0.1) is 0 Å². The Kier molecular flexibility index (Phi) is 5.64. The lowest BCUT2D eigenvalue weighted by Crippen LogP contribution is -2.10. The molecule has 0 aliphatic heterocycles. The molecule has 2 rings (SSSR count). The van der Waals surface area contributed by atoms with Gasteiger partial charge in [-0.2, -0.15) is 0 Å². The number of aromatic nitrogens is 1. The van der Waals surface area contributed by atoms with E-state index in [0.717, 1.165) is 10.0 Å². The van der Waals surface area contributed by atoms with E-state index in [-0.39, 0.29) is 6.61 Å². The number of pyridine rings is 1. The van der Waals surface area contributed by atoms with Crippen LogP contribution in [0.5, 0.6) is 11.6 Å². The van der Waals surface area contributed by atoms with Gasteiger partial charge in [0.05, 0.1) is 6.61 Å². The number of rotatable bonds is 6. The molecule has 0 amide bonds. The number of nitrogens with zero attached hydrogens (tertiary/aromatic N) is 1. The lowest BCUT2D eigenvalue weighted by molar-refractivity contribution is 0.205. The Labute approximate surface area is 130 Å². The average molecular weight is 359 g/mol. The molecule has 0 aliphatic rings. The van der Waals surface area contributed by atoms with Crippen molar-refractivity contribution in [2.45, 2.75) is 6.61 Å². The maximum atomic E-state index is 9.22. The monoisotopic (exact) mass is 357 g/mol. The van der Waals surface area contributed by atoms with Gasteiger partial charge < -0.3 is 14.6 Å². The van der Waals surface area contributed by atoms with Crippen LogP contribution in [0.15, 0.2) is 40.9 Å². The summed E-state index contributed by atoms with van der Waals surface area (Å²) >= 11 is 9.12. The molecule has 20 heavy (non-hydrogen) atoms. The highest BCUT2D eigenvalue weighted by Crippen LogP contribution is 2.23. The summed E-state index contributed by atoms with van der Waals surface area (Å²) in [5.41, 5.74) is 0.731. The molecule has 0 aliphatic carbocycles. The average Bonchev–Trinajstić information content (AvgIpc) is 2.44. The van der Waals surface area contributed by atoms with Gasteiger partial charge in [-0.1, -0.05) is 39.7 Å². The van der Waals surface area contributed by atoms with Crippen molar-refractivity contribution in [1.82, 2.24) is 4.98 Å². The first kappa shape index (κ1) is 15.1. The van der Waals surface area contributed by atoms with Crippen LogP contribution in [0, 0.1) is 0 Å². The van der Waals surface area contributed by atoms with Crippen LogP contribution in [0.4, 0.5) is 0 Å². The fraction of sp³-hybridized carbons (Fsp3) is 0.214. The van der Waals surface area contributed by atoms with Crippen molar-refractivity contribution >= 4 is 27.5 Å². The van der Waals surface area contributed by atoms with E-state index in [9.17, 15) is 5.11 Å². The Morgan fingerprint density at radius 1 is 1.15 bits per heavy atom. The Hall–Kier alpha value is -1.30. The van der Waals surface area contributed by atoms with Crippen molar-refractivity contribution in [2.75, 3.05) is 13.2 Å².